The van der Waals surface area contributed by atoms with E-state index in [-0.39, 0.29) is 0 Å². The van der Waals surface area contributed by atoms with Crippen LogP contribution in [0.1, 0.15) is 11.1 Å². The highest BCUT2D eigenvalue weighted by atomic mass is 15.0. The number of benzene rings is 9. The van der Waals surface area contributed by atoms with Gasteiger partial charge in [0.2, 0.25) is 13.4 Å². The summed E-state index contributed by atoms with van der Waals surface area (Å²) in [6.07, 6.45) is 0. The van der Waals surface area contributed by atoms with E-state index in [0.717, 1.165) is 88.4 Å². The fraction of sp³-hybridized carbons (Fsp3) is 0. The lowest BCUT2D eigenvalue weighted by molar-refractivity contribution is 1.08. The van der Waals surface area contributed by atoms with Crippen LogP contribution in [0.4, 0.5) is 0 Å². The van der Waals surface area contributed by atoms with Crippen molar-refractivity contribution in [3.63, 3.8) is 0 Å². The van der Waals surface area contributed by atoms with E-state index in [1.807, 2.05) is 66.7 Å². The molecule has 0 atom stereocenters. The Kier molecular flexibility index (Phi) is 9.41. The molecule has 302 valence electrons. The van der Waals surface area contributed by atoms with Crippen LogP contribution in [0.5, 0.6) is 0 Å². The van der Waals surface area contributed by atoms with Gasteiger partial charge < -0.3 is 0 Å². The van der Waals surface area contributed by atoms with Crippen molar-refractivity contribution in [1.82, 2.24) is 15.0 Å². The number of nitrogens with zero attached hydrogens (tertiary/aromatic N) is 5. The maximum atomic E-state index is 11.6. The second-order valence-electron chi connectivity index (χ2n) is 16.7. The van der Waals surface area contributed by atoms with E-state index in [1.165, 1.54) is 0 Å². The molecule has 2 aliphatic rings. The Balaban J connectivity index is 1.30. The smallest absolute Gasteiger partial charge is 0.208 e. The molecule has 0 N–H and O–H groups in total. The monoisotopic (exact) mass is 835 g/mol. The Bertz CT molecular complexity index is 3280. The van der Waals surface area contributed by atoms with Gasteiger partial charge in [0.1, 0.15) is 0 Å². The average molecular weight is 836 g/mol. The minimum atomic E-state index is -0.494. The third kappa shape index (κ3) is 6.21. The zero-order valence-electron chi connectivity index (χ0n) is 35.6. The molecule has 0 saturated carbocycles. The summed E-state index contributed by atoms with van der Waals surface area (Å²) in [7, 11) is 0. The minimum Gasteiger partial charge on any atom is -0.208 e. The predicted molar refractivity (Wildman–Crippen MR) is 270 cm³/mol. The first-order valence-electron chi connectivity index (χ1n) is 22.1. The van der Waals surface area contributed by atoms with Crippen LogP contribution in [0.15, 0.2) is 212 Å². The van der Waals surface area contributed by atoms with E-state index < -0.39 is 13.4 Å². The van der Waals surface area contributed by atoms with Gasteiger partial charge >= 0.3 is 0 Å². The molecular weight excluding hydrogens is 800 g/mol. The Hall–Kier alpha value is -8.90. The highest BCUT2D eigenvalue weighted by molar-refractivity contribution is 7.01. The molecule has 0 fully saturated rings. The van der Waals surface area contributed by atoms with E-state index in [1.54, 1.807) is 0 Å². The van der Waals surface area contributed by atoms with Crippen molar-refractivity contribution in [1.29, 1.82) is 10.5 Å². The summed E-state index contributed by atoms with van der Waals surface area (Å²) in [5.41, 5.74) is 17.4. The van der Waals surface area contributed by atoms with Gasteiger partial charge in [-0.3, -0.25) is 0 Å². The van der Waals surface area contributed by atoms with Gasteiger partial charge in [0.15, 0.2) is 17.5 Å². The molecule has 2 aliphatic heterocycles. The normalized spacial score (nSPS) is 11.8. The van der Waals surface area contributed by atoms with E-state index >= 15 is 0 Å². The summed E-state index contributed by atoms with van der Waals surface area (Å²) in [5, 5.41) is 23.2. The van der Waals surface area contributed by atoms with Crippen LogP contribution in [0.3, 0.4) is 0 Å². The number of fused-ring (bicyclic) bond motifs is 10. The quantitative estimate of drug-likeness (QED) is 0.162. The Morgan fingerprint density at radius 2 is 0.576 bits per heavy atom. The molecule has 0 radical (unpaired) electrons. The molecule has 1 aromatic heterocycles. The van der Waals surface area contributed by atoms with Crippen LogP contribution in [-0.2, 0) is 0 Å². The fourth-order valence-electron chi connectivity index (χ4n) is 10.5. The highest BCUT2D eigenvalue weighted by Gasteiger charge is 2.41. The van der Waals surface area contributed by atoms with Gasteiger partial charge in [-0.05, 0) is 61.5 Å². The van der Waals surface area contributed by atoms with Crippen molar-refractivity contribution in [3.05, 3.63) is 223 Å². The number of nitriles is 2. The molecule has 3 heterocycles. The molecule has 0 saturated heterocycles. The lowest BCUT2D eigenvalue weighted by atomic mass is 9.30. The summed E-state index contributed by atoms with van der Waals surface area (Å²) in [6, 6.07) is 78.3. The largest absolute Gasteiger partial charge is 0.245 e. The number of rotatable bonds is 5. The van der Waals surface area contributed by atoms with Crippen LogP contribution in [-0.4, -0.2) is 28.4 Å². The Morgan fingerprint density at radius 3 is 0.894 bits per heavy atom. The first-order valence-corrected chi connectivity index (χ1v) is 22.1. The van der Waals surface area contributed by atoms with Gasteiger partial charge in [-0.15, -0.1) is 0 Å². The van der Waals surface area contributed by atoms with E-state index in [2.05, 4.69) is 158 Å². The topological polar surface area (TPSA) is 86.2 Å². The van der Waals surface area contributed by atoms with Crippen molar-refractivity contribution < 1.29 is 0 Å². The third-order valence-electron chi connectivity index (χ3n) is 13.3. The zero-order valence-corrected chi connectivity index (χ0v) is 35.6. The SMILES string of the molecule is N#Cc1cc(C#N)c(B2c3ccccc3-c3ccccc3-c3ccccc32)c(-c2nc(-c3ccccc3)nc(-c3ccccc3)n2)c1B1c2ccccc2-c2ccccc2-c2ccccc21. The molecule has 9 aromatic carbocycles. The predicted octanol–water partition coefficient (Wildman–Crippen LogP) is 8.94. The number of hydrogen-bond acceptors (Lipinski definition) is 5. The van der Waals surface area contributed by atoms with Crippen LogP contribution < -0.4 is 32.8 Å². The molecule has 66 heavy (non-hydrogen) atoms. The molecular formula is C59H35B2N5. The lowest BCUT2D eigenvalue weighted by Crippen LogP contribution is -2.60. The van der Waals surface area contributed by atoms with E-state index in [9.17, 15) is 10.5 Å². The van der Waals surface area contributed by atoms with Crippen molar-refractivity contribution in [3.8, 4) is 90.8 Å². The summed E-state index contributed by atoms with van der Waals surface area (Å²) >= 11 is 0. The lowest BCUT2D eigenvalue weighted by Gasteiger charge is -2.28. The summed E-state index contributed by atoms with van der Waals surface area (Å²) in [4.78, 5) is 16.1. The molecule has 5 nitrogen and oxygen atoms in total. The standard InChI is InChI=1S/C59H35B2N5/c62-36-40-35-41(37-63)56(61-52-33-17-13-29-48(52)44-25-9-10-26-45(44)49-30-14-18-34-53(49)61)54(59-65-57(38-19-3-1-4-20-38)64-58(66-59)39-21-5-2-6-22-39)55(40)60-50-31-15-11-27-46(50)42-23-7-8-24-43(42)47-28-12-16-32-51(47)60/h1-35H. The van der Waals surface area contributed by atoms with E-state index in [4.69, 9.17) is 15.0 Å². The second kappa shape index (κ2) is 16.0. The van der Waals surface area contributed by atoms with Gasteiger partial charge in [-0.25, -0.2) is 15.0 Å². The van der Waals surface area contributed by atoms with Crippen LogP contribution >= 0.6 is 0 Å². The van der Waals surface area contributed by atoms with Gasteiger partial charge in [-0.1, -0.05) is 228 Å². The van der Waals surface area contributed by atoms with Gasteiger partial charge in [0.25, 0.3) is 0 Å². The van der Waals surface area contributed by atoms with Crippen molar-refractivity contribution in [2.45, 2.75) is 0 Å². The summed E-state index contributed by atoms with van der Waals surface area (Å²) in [6.45, 7) is -0.988. The molecule has 10 aromatic rings. The van der Waals surface area contributed by atoms with Crippen molar-refractivity contribution in [2.75, 3.05) is 0 Å². The molecule has 12 rings (SSSR count). The second-order valence-corrected chi connectivity index (χ2v) is 16.7. The Morgan fingerprint density at radius 1 is 0.303 bits per heavy atom. The summed E-state index contributed by atoms with van der Waals surface area (Å²) < 4.78 is 0. The molecule has 7 heteroatoms. The third-order valence-corrected chi connectivity index (χ3v) is 13.3. The molecule has 0 spiro atoms. The average Bonchev–Trinajstić information content (AvgIpc) is 3.60. The fourth-order valence-corrected chi connectivity index (χ4v) is 10.5. The maximum Gasteiger partial charge on any atom is 0.245 e. The van der Waals surface area contributed by atoms with Crippen molar-refractivity contribution in [2.24, 2.45) is 0 Å². The number of hydrogen-bond donors (Lipinski definition) is 0. The Labute approximate surface area is 384 Å². The minimum absolute atomic E-state index is 0.382. The maximum absolute atomic E-state index is 11.6. The molecule has 0 amide bonds. The van der Waals surface area contributed by atoms with Crippen LogP contribution in [0.2, 0.25) is 0 Å². The zero-order chi connectivity index (χ0) is 44.1. The van der Waals surface area contributed by atoms with Gasteiger partial charge in [0.05, 0.1) is 12.1 Å². The molecule has 0 bridgehead atoms. The highest BCUT2D eigenvalue weighted by Crippen LogP contribution is 2.37. The number of aromatic nitrogens is 3. The summed E-state index contributed by atoms with van der Waals surface area (Å²) in [5.74, 6) is 1.36. The van der Waals surface area contributed by atoms with Crippen LogP contribution in [0.25, 0.3) is 78.7 Å². The van der Waals surface area contributed by atoms with Gasteiger partial charge in [-0.2, -0.15) is 10.5 Å². The first kappa shape index (κ1) is 38.7. The molecule has 0 aliphatic carbocycles. The molecule has 0 unspecified atom stereocenters. The van der Waals surface area contributed by atoms with Crippen LogP contribution in [0, 0.1) is 22.7 Å². The van der Waals surface area contributed by atoms with E-state index in [0.29, 0.717) is 34.2 Å². The first-order chi connectivity index (χ1) is 32.7. The van der Waals surface area contributed by atoms with Gasteiger partial charge in [0, 0.05) is 27.8 Å². The van der Waals surface area contributed by atoms with Crippen molar-refractivity contribution >= 4 is 46.2 Å².